The number of hydrogen-bond acceptors (Lipinski definition) is 3. The topological polar surface area (TPSA) is 39.2 Å². The van der Waals surface area contributed by atoms with E-state index in [1.807, 2.05) is 6.07 Å². The lowest BCUT2D eigenvalue weighted by Gasteiger charge is -2.13. The van der Waals surface area contributed by atoms with E-state index in [1.54, 1.807) is 12.4 Å². The van der Waals surface area contributed by atoms with Gasteiger partial charge in [0.1, 0.15) is 0 Å². The molecular formula is C11H12BrNO2. The van der Waals surface area contributed by atoms with Crippen molar-refractivity contribution in [2.24, 2.45) is 5.92 Å². The molecule has 0 bridgehead atoms. The summed E-state index contributed by atoms with van der Waals surface area (Å²) in [7, 11) is 1.43. The Kier molecular flexibility index (Phi) is 3.05. The van der Waals surface area contributed by atoms with E-state index in [4.69, 9.17) is 4.74 Å². The molecule has 0 radical (unpaired) electrons. The zero-order valence-corrected chi connectivity index (χ0v) is 10.0. The average molecular weight is 270 g/mol. The summed E-state index contributed by atoms with van der Waals surface area (Å²) in [5.41, 5.74) is 0.943. The average Bonchev–Trinajstić information content (AvgIpc) is 3.02. The Morgan fingerprint density at radius 3 is 2.87 bits per heavy atom. The van der Waals surface area contributed by atoms with Gasteiger partial charge in [0.2, 0.25) is 0 Å². The van der Waals surface area contributed by atoms with Crippen molar-refractivity contribution >= 4 is 21.9 Å². The molecule has 3 nitrogen and oxygen atoms in total. The Bertz CT molecular complexity index is 377. The number of esters is 1. The molecule has 1 unspecified atom stereocenters. The van der Waals surface area contributed by atoms with E-state index in [0.717, 1.165) is 22.9 Å². The second-order valence-corrected chi connectivity index (χ2v) is 4.69. The standard InChI is InChI=1S/C11H12BrNO2/c1-15-11(14)10(7-2-3-7)8-4-9(12)6-13-5-8/h4-7,10H,2-3H2,1H3. The number of ether oxygens (including phenoxy) is 1. The molecule has 1 aliphatic carbocycles. The van der Waals surface area contributed by atoms with Crippen molar-refractivity contribution in [1.29, 1.82) is 0 Å². The Morgan fingerprint density at radius 1 is 1.60 bits per heavy atom. The zero-order valence-electron chi connectivity index (χ0n) is 8.44. The summed E-state index contributed by atoms with van der Waals surface area (Å²) < 4.78 is 5.72. The SMILES string of the molecule is COC(=O)C(c1cncc(Br)c1)C1CC1. The number of nitrogens with zero attached hydrogens (tertiary/aromatic N) is 1. The predicted octanol–water partition coefficient (Wildman–Crippen LogP) is 2.51. The third-order valence-electron chi connectivity index (χ3n) is 2.63. The van der Waals surface area contributed by atoms with Gasteiger partial charge < -0.3 is 4.74 Å². The maximum Gasteiger partial charge on any atom is 0.313 e. The van der Waals surface area contributed by atoms with E-state index in [1.165, 1.54) is 7.11 Å². The predicted molar refractivity (Wildman–Crippen MR) is 59.4 cm³/mol. The van der Waals surface area contributed by atoms with Gasteiger partial charge in [-0.1, -0.05) is 0 Å². The quantitative estimate of drug-likeness (QED) is 0.792. The molecule has 1 atom stereocenters. The third-order valence-corrected chi connectivity index (χ3v) is 3.07. The number of hydrogen-bond donors (Lipinski definition) is 0. The molecule has 0 aromatic carbocycles. The summed E-state index contributed by atoms with van der Waals surface area (Å²) in [4.78, 5) is 15.7. The maximum atomic E-state index is 11.6. The van der Waals surface area contributed by atoms with Gasteiger partial charge in [-0.15, -0.1) is 0 Å². The Morgan fingerprint density at radius 2 is 2.33 bits per heavy atom. The van der Waals surface area contributed by atoms with Crippen molar-refractivity contribution in [3.63, 3.8) is 0 Å². The van der Waals surface area contributed by atoms with E-state index < -0.39 is 0 Å². The smallest absolute Gasteiger partial charge is 0.313 e. The first-order valence-corrected chi connectivity index (χ1v) is 5.70. The maximum absolute atomic E-state index is 11.6. The molecule has 15 heavy (non-hydrogen) atoms. The molecule has 1 aliphatic rings. The molecule has 1 saturated carbocycles. The summed E-state index contributed by atoms with van der Waals surface area (Å²) in [5.74, 6) is 0.144. The number of carbonyl (C=O) groups excluding carboxylic acids is 1. The largest absolute Gasteiger partial charge is 0.469 e. The molecule has 0 spiro atoms. The van der Waals surface area contributed by atoms with E-state index >= 15 is 0 Å². The van der Waals surface area contributed by atoms with Crippen LogP contribution in [0.1, 0.15) is 24.3 Å². The van der Waals surface area contributed by atoms with E-state index in [9.17, 15) is 4.79 Å². The number of halogens is 1. The molecule has 1 aromatic heterocycles. The van der Waals surface area contributed by atoms with Crippen LogP contribution in [-0.4, -0.2) is 18.1 Å². The number of methoxy groups -OCH3 is 1. The van der Waals surface area contributed by atoms with Gasteiger partial charge in [-0.2, -0.15) is 0 Å². The van der Waals surface area contributed by atoms with Crippen LogP contribution in [0.25, 0.3) is 0 Å². The fourth-order valence-electron chi connectivity index (χ4n) is 1.76. The highest BCUT2D eigenvalue weighted by Gasteiger charge is 2.38. The third kappa shape index (κ3) is 2.37. The van der Waals surface area contributed by atoms with Crippen molar-refractivity contribution in [3.8, 4) is 0 Å². The Balaban J connectivity index is 2.27. The summed E-state index contributed by atoms with van der Waals surface area (Å²) in [6.45, 7) is 0. The molecule has 0 amide bonds. The fraction of sp³-hybridized carbons (Fsp3) is 0.455. The van der Waals surface area contributed by atoms with Gasteiger partial charge >= 0.3 is 5.97 Å². The highest BCUT2D eigenvalue weighted by molar-refractivity contribution is 9.10. The van der Waals surface area contributed by atoms with Crippen LogP contribution in [0.15, 0.2) is 22.9 Å². The highest BCUT2D eigenvalue weighted by Crippen LogP contribution is 2.43. The van der Waals surface area contributed by atoms with Crippen LogP contribution in [0.4, 0.5) is 0 Å². The number of rotatable bonds is 3. The first-order valence-electron chi connectivity index (χ1n) is 4.90. The first-order chi connectivity index (χ1) is 7.22. The lowest BCUT2D eigenvalue weighted by atomic mass is 9.96. The van der Waals surface area contributed by atoms with Crippen molar-refractivity contribution in [3.05, 3.63) is 28.5 Å². The van der Waals surface area contributed by atoms with Gasteiger partial charge in [0.15, 0.2) is 0 Å². The summed E-state index contributed by atoms with van der Waals surface area (Å²) in [6.07, 6.45) is 5.66. The van der Waals surface area contributed by atoms with Crippen LogP contribution in [-0.2, 0) is 9.53 Å². The first kappa shape index (κ1) is 10.6. The fourth-order valence-corrected chi connectivity index (χ4v) is 2.14. The van der Waals surface area contributed by atoms with E-state index in [2.05, 4.69) is 20.9 Å². The Labute approximate surface area is 97.0 Å². The minimum atomic E-state index is -0.155. The molecule has 80 valence electrons. The minimum absolute atomic E-state index is 0.139. The number of aromatic nitrogens is 1. The van der Waals surface area contributed by atoms with E-state index in [-0.39, 0.29) is 11.9 Å². The molecule has 1 aromatic rings. The zero-order chi connectivity index (χ0) is 10.8. The van der Waals surface area contributed by atoms with E-state index in [0.29, 0.717) is 5.92 Å². The lowest BCUT2D eigenvalue weighted by molar-refractivity contribution is -0.143. The molecule has 0 aliphatic heterocycles. The highest BCUT2D eigenvalue weighted by atomic mass is 79.9. The van der Waals surface area contributed by atoms with Crippen LogP contribution in [0.5, 0.6) is 0 Å². The molecule has 0 saturated heterocycles. The monoisotopic (exact) mass is 269 g/mol. The normalized spacial score (nSPS) is 17.2. The summed E-state index contributed by atoms with van der Waals surface area (Å²) in [6, 6.07) is 1.94. The van der Waals surface area contributed by atoms with Gasteiger partial charge in [0.25, 0.3) is 0 Å². The van der Waals surface area contributed by atoms with Crippen molar-refractivity contribution in [2.45, 2.75) is 18.8 Å². The van der Waals surface area contributed by atoms with Crippen molar-refractivity contribution < 1.29 is 9.53 Å². The van der Waals surface area contributed by atoms with Gasteiger partial charge in [0.05, 0.1) is 13.0 Å². The second kappa shape index (κ2) is 4.31. The van der Waals surface area contributed by atoms with Gasteiger partial charge in [0, 0.05) is 16.9 Å². The van der Waals surface area contributed by atoms with Crippen molar-refractivity contribution in [2.75, 3.05) is 7.11 Å². The van der Waals surface area contributed by atoms with Gasteiger partial charge in [-0.3, -0.25) is 9.78 Å². The summed E-state index contributed by atoms with van der Waals surface area (Å²) in [5, 5.41) is 0. The van der Waals surface area contributed by atoms with Crippen molar-refractivity contribution in [1.82, 2.24) is 4.98 Å². The van der Waals surface area contributed by atoms with Crippen LogP contribution in [0, 0.1) is 5.92 Å². The van der Waals surface area contributed by atoms with Crippen LogP contribution < -0.4 is 0 Å². The molecule has 0 N–H and O–H groups in total. The van der Waals surface area contributed by atoms with Gasteiger partial charge in [-0.25, -0.2) is 0 Å². The van der Waals surface area contributed by atoms with Crippen LogP contribution >= 0.6 is 15.9 Å². The molecular weight excluding hydrogens is 258 g/mol. The van der Waals surface area contributed by atoms with Crippen LogP contribution in [0.2, 0.25) is 0 Å². The van der Waals surface area contributed by atoms with Gasteiger partial charge in [-0.05, 0) is 46.3 Å². The number of pyridine rings is 1. The van der Waals surface area contributed by atoms with Crippen LogP contribution in [0.3, 0.4) is 0 Å². The molecule has 1 fully saturated rings. The number of carbonyl (C=O) groups is 1. The minimum Gasteiger partial charge on any atom is -0.469 e. The molecule has 2 rings (SSSR count). The molecule has 1 heterocycles. The molecule has 4 heteroatoms. The second-order valence-electron chi connectivity index (χ2n) is 3.77. The summed E-state index contributed by atoms with van der Waals surface area (Å²) >= 11 is 3.36. The lowest BCUT2D eigenvalue weighted by Crippen LogP contribution is -2.16. The Hall–Kier alpha value is -0.900.